The normalized spacial score (nSPS) is 10.3. The predicted octanol–water partition coefficient (Wildman–Crippen LogP) is 3.13. The van der Waals surface area contributed by atoms with Crippen LogP contribution < -0.4 is 5.32 Å². The van der Waals surface area contributed by atoms with Crippen molar-refractivity contribution >= 4 is 17.5 Å². The van der Waals surface area contributed by atoms with E-state index in [0.29, 0.717) is 17.3 Å². The Morgan fingerprint density at radius 2 is 2.28 bits per heavy atom. The molecule has 1 N–H and O–H groups in total. The molecule has 0 fully saturated rings. The highest BCUT2D eigenvalue weighted by Gasteiger charge is 2.13. The van der Waals surface area contributed by atoms with Crippen LogP contribution in [0.3, 0.4) is 0 Å². The minimum Gasteiger partial charge on any atom is -0.355 e. The van der Waals surface area contributed by atoms with Crippen molar-refractivity contribution in [2.24, 2.45) is 0 Å². The van der Waals surface area contributed by atoms with Crippen LogP contribution in [0.25, 0.3) is 11.3 Å². The van der Waals surface area contributed by atoms with Gasteiger partial charge in [-0.2, -0.15) is 0 Å². The predicted molar refractivity (Wildman–Crippen MR) is 69.6 cm³/mol. The topological polar surface area (TPSA) is 55.1 Å². The number of hydrogen-bond acceptors (Lipinski definition) is 3. The summed E-state index contributed by atoms with van der Waals surface area (Å²) in [6.45, 7) is 2.61. The minimum atomic E-state index is -0.228. The maximum absolute atomic E-state index is 11.7. The first-order chi connectivity index (χ1) is 8.70. The van der Waals surface area contributed by atoms with Gasteiger partial charge < -0.3 is 9.84 Å². The summed E-state index contributed by atoms with van der Waals surface area (Å²) in [6.07, 6.45) is 0.880. The standard InChI is InChI=1S/C13H13ClN2O2/c1-2-6-15-13(17)11-8-12(18-16-11)9-4-3-5-10(14)7-9/h3-5,7-8H,2,6H2,1H3,(H,15,17). The lowest BCUT2D eigenvalue weighted by Gasteiger charge is -1.97. The maximum atomic E-state index is 11.7. The third kappa shape index (κ3) is 2.90. The van der Waals surface area contributed by atoms with Gasteiger partial charge in [0, 0.05) is 23.2 Å². The zero-order valence-electron chi connectivity index (χ0n) is 9.94. The summed E-state index contributed by atoms with van der Waals surface area (Å²) in [5, 5.41) is 7.09. The molecule has 0 saturated heterocycles. The number of nitrogens with zero attached hydrogens (tertiary/aromatic N) is 1. The molecule has 1 aromatic heterocycles. The highest BCUT2D eigenvalue weighted by molar-refractivity contribution is 6.30. The molecule has 2 aromatic rings. The van der Waals surface area contributed by atoms with Crippen molar-refractivity contribution in [3.8, 4) is 11.3 Å². The van der Waals surface area contributed by atoms with Gasteiger partial charge in [-0.3, -0.25) is 4.79 Å². The van der Waals surface area contributed by atoms with Crippen molar-refractivity contribution in [3.05, 3.63) is 41.0 Å². The van der Waals surface area contributed by atoms with Crippen molar-refractivity contribution < 1.29 is 9.32 Å². The third-order valence-corrected chi connectivity index (χ3v) is 2.62. The van der Waals surface area contributed by atoms with Crippen molar-refractivity contribution in [3.63, 3.8) is 0 Å². The lowest BCUT2D eigenvalue weighted by atomic mass is 10.1. The fourth-order valence-corrected chi connectivity index (χ4v) is 1.68. The van der Waals surface area contributed by atoms with Gasteiger partial charge in [-0.05, 0) is 18.6 Å². The van der Waals surface area contributed by atoms with Gasteiger partial charge in [0.1, 0.15) is 0 Å². The fourth-order valence-electron chi connectivity index (χ4n) is 1.49. The molecule has 0 spiro atoms. The molecular weight excluding hydrogens is 252 g/mol. The van der Waals surface area contributed by atoms with Crippen LogP contribution in [0.4, 0.5) is 0 Å². The first-order valence-corrected chi connectivity index (χ1v) is 6.09. The molecule has 0 unspecified atom stereocenters. The van der Waals surface area contributed by atoms with E-state index in [2.05, 4.69) is 10.5 Å². The number of halogens is 1. The summed E-state index contributed by atoms with van der Waals surface area (Å²) in [6, 6.07) is 8.81. The Labute approximate surface area is 110 Å². The molecule has 0 aliphatic rings. The SMILES string of the molecule is CCCNC(=O)c1cc(-c2cccc(Cl)c2)on1. The van der Waals surface area contributed by atoms with Gasteiger partial charge in [-0.15, -0.1) is 0 Å². The Bertz CT molecular complexity index is 551. The molecule has 0 atom stereocenters. The molecule has 1 heterocycles. The average molecular weight is 265 g/mol. The maximum Gasteiger partial charge on any atom is 0.273 e. The number of aromatic nitrogens is 1. The summed E-state index contributed by atoms with van der Waals surface area (Å²) >= 11 is 5.89. The monoisotopic (exact) mass is 264 g/mol. The third-order valence-electron chi connectivity index (χ3n) is 2.39. The molecule has 94 valence electrons. The van der Waals surface area contributed by atoms with E-state index in [-0.39, 0.29) is 11.6 Å². The van der Waals surface area contributed by atoms with Crippen LogP contribution in [0.5, 0.6) is 0 Å². The van der Waals surface area contributed by atoms with Crippen LogP contribution >= 0.6 is 11.6 Å². The second kappa shape index (κ2) is 5.69. The van der Waals surface area contributed by atoms with E-state index in [4.69, 9.17) is 16.1 Å². The van der Waals surface area contributed by atoms with Crippen LogP contribution in [0.15, 0.2) is 34.9 Å². The number of nitrogens with one attached hydrogen (secondary N) is 1. The molecule has 1 amide bonds. The fraction of sp³-hybridized carbons (Fsp3) is 0.231. The van der Waals surface area contributed by atoms with Gasteiger partial charge in [0.25, 0.3) is 5.91 Å². The largest absolute Gasteiger partial charge is 0.355 e. The van der Waals surface area contributed by atoms with Crippen molar-refractivity contribution in [1.29, 1.82) is 0 Å². The molecule has 5 heteroatoms. The van der Waals surface area contributed by atoms with Crippen molar-refractivity contribution in [2.45, 2.75) is 13.3 Å². The van der Waals surface area contributed by atoms with Crippen LogP contribution in [0.2, 0.25) is 5.02 Å². The Balaban J connectivity index is 2.17. The molecule has 0 bridgehead atoms. The average Bonchev–Trinajstić information content (AvgIpc) is 2.85. The van der Waals surface area contributed by atoms with Gasteiger partial charge in [-0.25, -0.2) is 0 Å². The summed E-state index contributed by atoms with van der Waals surface area (Å²) in [5.41, 5.74) is 1.07. The molecule has 1 aromatic carbocycles. The summed E-state index contributed by atoms with van der Waals surface area (Å²) in [7, 11) is 0. The zero-order chi connectivity index (χ0) is 13.0. The van der Waals surface area contributed by atoms with Crippen molar-refractivity contribution in [2.75, 3.05) is 6.54 Å². The van der Waals surface area contributed by atoms with Gasteiger partial charge in [0.05, 0.1) is 0 Å². The summed E-state index contributed by atoms with van der Waals surface area (Å²) in [4.78, 5) is 11.7. The minimum absolute atomic E-state index is 0.228. The number of carbonyl (C=O) groups excluding carboxylic acids is 1. The van der Waals surface area contributed by atoms with Gasteiger partial charge >= 0.3 is 0 Å². The number of amides is 1. The lowest BCUT2D eigenvalue weighted by molar-refractivity contribution is 0.0944. The quantitative estimate of drug-likeness (QED) is 0.923. The van der Waals surface area contributed by atoms with Crippen molar-refractivity contribution in [1.82, 2.24) is 10.5 Å². The summed E-state index contributed by atoms with van der Waals surface area (Å²) in [5.74, 6) is 0.299. The van der Waals surface area contributed by atoms with E-state index in [1.54, 1.807) is 18.2 Å². The molecular formula is C13H13ClN2O2. The first kappa shape index (κ1) is 12.6. The molecule has 0 radical (unpaired) electrons. The van der Waals surface area contributed by atoms with Crippen LogP contribution in [-0.4, -0.2) is 17.6 Å². The lowest BCUT2D eigenvalue weighted by Crippen LogP contribution is -2.24. The Morgan fingerprint density at radius 3 is 3.00 bits per heavy atom. The Morgan fingerprint density at radius 1 is 1.44 bits per heavy atom. The van der Waals surface area contributed by atoms with Crippen LogP contribution in [-0.2, 0) is 0 Å². The van der Waals surface area contributed by atoms with Gasteiger partial charge in [0.15, 0.2) is 11.5 Å². The van der Waals surface area contributed by atoms with Crippen LogP contribution in [0, 0.1) is 0 Å². The number of rotatable bonds is 4. The van der Waals surface area contributed by atoms with E-state index in [1.807, 2.05) is 19.1 Å². The second-order valence-electron chi connectivity index (χ2n) is 3.84. The number of benzene rings is 1. The van der Waals surface area contributed by atoms with E-state index in [9.17, 15) is 4.79 Å². The zero-order valence-corrected chi connectivity index (χ0v) is 10.7. The number of hydrogen-bond donors (Lipinski definition) is 1. The summed E-state index contributed by atoms with van der Waals surface area (Å²) < 4.78 is 5.14. The molecule has 4 nitrogen and oxygen atoms in total. The van der Waals surface area contributed by atoms with E-state index >= 15 is 0 Å². The van der Waals surface area contributed by atoms with E-state index in [1.165, 1.54) is 0 Å². The molecule has 0 aliphatic heterocycles. The van der Waals surface area contributed by atoms with E-state index < -0.39 is 0 Å². The Hall–Kier alpha value is -1.81. The molecule has 18 heavy (non-hydrogen) atoms. The highest BCUT2D eigenvalue weighted by Crippen LogP contribution is 2.23. The molecule has 0 saturated carbocycles. The van der Waals surface area contributed by atoms with Gasteiger partial charge in [0.2, 0.25) is 0 Å². The van der Waals surface area contributed by atoms with Crippen LogP contribution in [0.1, 0.15) is 23.8 Å². The second-order valence-corrected chi connectivity index (χ2v) is 4.28. The van der Waals surface area contributed by atoms with Gasteiger partial charge in [-0.1, -0.05) is 35.8 Å². The smallest absolute Gasteiger partial charge is 0.273 e. The first-order valence-electron chi connectivity index (χ1n) is 5.71. The molecule has 2 rings (SSSR count). The highest BCUT2D eigenvalue weighted by atomic mass is 35.5. The Kier molecular flexibility index (Phi) is 3.99. The molecule has 0 aliphatic carbocycles. The number of carbonyl (C=O) groups is 1. The van der Waals surface area contributed by atoms with E-state index in [0.717, 1.165) is 12.0 Å².